The molecule has 1 aliphatic heterocycles. The van der Waals surface area contributed by atoms with E-state index in [-0.39, 0.29) is 17.2 Å². The van der Waals surface area contributed by atoms with Crippen molar-refractivity contribution in [1.29, 1.82) is 0 Å². The number of aromatic nitrogens is 4. The highest BCUT2D eigenvalue weighted by Crippen LogP contribution is 2.36. The Kier molecular flexibility index (Phi) is 5.91. The molecule has 2 aromatic heterocycles. The summed E-state index contributed by atoms with van der Waals surface area (Å²) in [6.45, 7) is 4.01. The third-order valence-electron chi connectivity index (χ3n) is 5.73. The zero-order chi connectivity index (χ0) is 22.9. The number of pyridine rings is 1. The van der Waals surface area contributed by atoms with Crippen molar-refractivity contribution in [2.24, 2.45) is 0 Å². The Balaban J connectivity index is 1.49. The van der Waals surface area contributed by atoms with Gasteiger partial charge in [-0.15, -0.1) is 10.2 Å². The van der Waals surface area contributed by atoms with Gasteiger partial charge in [-0.25, -0.2) is 0 Å². The van der Waals surface area contributed by atoms with Gasteiger partial charge in [-0.2, -0.15) is 0 Å². The van der Waals surface area contributed by atoms with Crippen LogP contribution in [0, 0.1) is 0 Å². The lowest BCUT2D eigenvalue weighted by molar-refractivity contribution is -0.118. The van der Waals surface area contributed by atoms with Crippen molar-refractivity contribution in [3.8, 4) is 17.1 Å². The normalized spacial score (nSPS) is 16.0. The van der Waals surface area contributed by atoms with E-state index < -0.39 is 0 Å². The van der Waals surface area contributed by atoms with Crippen molar-refractivity contribution in [2.75, 3.05) is 4.90 Å². The van der Waals surface area contributed by atoms with Crippen LogP contribution in [0.3, 0.4) is 0 Å². The summed E-state index contributed by atoms with van der Waals surface area (Å²) in [5.74, 6) is 0.746. The molecule has 5 rings (SSSR count). The fraction of sp³-hybridized carbons (Fsp3) is 0.200. The predicted molar refractivity (Wildman–Crippen MR) is 132 cm³/mol. The molecule has 1 aliphatic rings. The molecule has 3 heterocycles. The SMILES string of the molecule is C[C@H](Sc1nnc(-c2ccncc2)n1-c1ccc(Cl)cc1)C(=O)N1c2ccccc2C[C@@H]1C. The van der Waals surface area contributed by atoms with E-state index in [2.05, 4.69) is 28.2 Å². The zero-order valence-electron chi connectivity index (χ0n) is 18.2. The Morgan fingerprint density at radius 3 is 2.55 bits per heavy atom. The number of hydrogen-bond donors (Lipinski definition) is 0. The van der Waals surface area contributed by atoms with E-state index in [4.69, 9.17) is 11.6 Å². The molecule has 0 bridgehead atoms. The number of halogens is 1. The average Bonchev–Trinajstić information content (AvgIpc) is 3.40. The van der Waals surface area contributed by atoms with Gasteiger partial charge in [0.1, 0.15) is 0 Å². The van der Waals surface area contributed by atoms with Gasteiger partial charge >= 0.3 is 0 Å². The number of hydrogen-bond acceptors (Lipinski definition) is 5. The lowest BCUT2D eigenvalue weighted by Gasteiger charge is -2.25. The van der Waals surface area contributed by atoms with Crippen LogP contribution in [0.5, 0.6) is 0 Å². The van der Waals surface area contributed by atoms with Gasteiger partial charge in [0.25, 0.3) is 0 Å². The Bertz CT molecular complexity index is 1290. The van der Waals surface area contributed by atoms with Crippen molar-refractivity contribution in [3.63, 3.8) is 0 Å². The highest BCUT2D eigenvalue weighted by molar-refractivity contribution is 8.00. The lowest BCUT2D eigenvalue weighted by atomic mass is 10.1. The highest BCUT2D eigenvalue weighted by atomic mass is 35.5. The first-order chi connectivity index (χ1) is 16.0. The Labute approximate surface area is 201 Å². The molecule has 8 heteroatoms. The molecule has 0 N–H and O–H groups in total. The molecular weight excluding hydrogens is 454 g/mol. The quantitative estimate of drug-likeness (QED) is 0.359. The molecule has 1 amide bonds. The van der Waals surface area contributed by atoms with E-state index in [9.17, 15) is 4.79 Å². The van der Waals surface area contributed by atoms with Crippen LogP contribution in [0.15, 0.2) is 78.2 Å². The molecule has 0 spiro atoms. The maximum Gasteiger partial charge on any atom is 0.240 e. The maximum absolute atomic E-state index is 13.5. The van der Waals surface area contributed by atoms with E-state index in [0.29, 0.717) is 16.0 Å². The third-order valence-corrected chi connectivity index (χ3v) is 7.01. The highest BCUT2D eigenvalue weighted by Gasteiger charge is 2.34. The van der Waals surface area contributed by atoms with Crippen molar-refractivity contribution in [3.05, 3.63) is 83.6 Å². The van der Waals surface area contributed by atoms with E-state index in [1.807, 2.05) is 71.0 Å². The Hall–Kier alpha value is -3.16. The monoisotopic (exact) mass is 475 g/mol. The Morgan fingerprint density at radius 1 is 1.06 bits per heavy atom. The number of anilines is 1. The molecule has 0 aliphatic carbocycles. The van der Waals surface area contributed by atoms with Crippen LogP contribution in [0.1, 0.15) is 19.4 Å². The van der Waals surface area contributed by atoms with E-state index >= 15 is 0 Å². The molecule has 0 saturated carbocycles. The van der Waals surface area contributed by atoms with Crippen LogP contribution >= 0.6 is 23.4 Å². The zero-order valence-corrected chi connectivity index (χ0v) is 19.8. The summed E-state index contributed by atoms with van der Waals surface area (Å²) in [6.07, 6.45) is 4.31. The number of carbonyl (C=O) groups is 1. The van der Waals surface area contributed by atoms with Crippen LogP contribution in [-0.2, 0) is 11.2 Å². The van der Waals surface area contributed by atoms with Crippen LogP contribution < -0.4 is 4.90 Å². The summed E-state index contributed by atoms with van der Waals surface area (Å²) in [4.78, 5) is 19.5. The van der Waals surface area contributed by atoms with Gasteiger partial charge in [-0.1, -0.05) is 41.6 Å². The van der Waals surface area contributed by atoms with Crippen molar-refractivity contribution in [1.82, 2.24) is 19.7 Å². The molecule has 0 radical (unpaired) electrons. The van der Waals surface area contributed by atoms with E-state index in [1.54, 1.807) is 12.4 Å². The summed E-state index contributed by atoms with van der Waals surface area (Å²) in [7, 11) is 0. The summed E-state index contributed by atoms with van der Waals surface area (Å²) >= 11 is 7.52. The standard InChI is InChI=1S/C25H22ClN5OS/c1-16-15-19-5-3-4-6-22(19)30(16)24(32)17(2)33-25-29-28-23(18-11-13-27-14-12-18)31(25)21-9-7-20(26)8-10-21/h3-14,16-17H,15H2,1-2H3/t16-,17-/m0/s1. The number of amides is 1. The first kappa shape index (κ1) is 21.7. The number of nitrogens with zero attached hydrogens (tertiary/aromatic N) is 5. The van der Waals surface area contributed by atoms with Gasteiger partial charge in [0.05, 0.1) is 5.25 Å². The minimum absolute atomic E-state index is 0.0635. The van der Waals surface area contributed by atoms with Gasteiger partial charge in [0.15, 0.2) is 11.0 Å². The molecule has 6 nitrogen and oxygen atoms in total. The minimum Gasteiger partial charge on any atom is -0.308 e. The fourth-order valence-electron chi connectivity index (χ4n) is 4.16. The number of fused-ring (bicyclic) bond motifs is 1. The summed E-state index contributed by atoms with van der Waals surface area (Å²) < 4.78 is 1.96. The predicted octanol–water partition coefficient (Wildman–Crippen LogP) is 5.44. The molecule has 0 unspecified atom stereocenters. The number of benzene rings is 2. The number of thioether (sulfide) groups is 1. The topological polar surface area (TPSA) is 63.9 Å². The smallest absolute Gasteiger partial charge is 0.240 e. The van der Waals surface area contributed by atoms with Crippen LogP contribution in [-0.4, -0.2) is 36.9 Å². The second-order valence-electron chi connectivity index (χ2n) is 8.00. The van der Waals surface area contributed by atoms with Crippen LogP contribution in [0.2, 0.25) is 5.02 Å². The fourth-order valence-corrected chi connectivity index (χ4v) is 5.20. The second-order valence-corrected chi connectivity index (χ2v) is 9.75. The van der Waals surface area contributed by atoms with Gasteiger partial charge in [0.2, 0.25) is 5.91 Å². The molecule has 33 heavy (non-hydrogen) atoms. The molecule has 2 atom stereocenters. The number of rotatable bonds is 5. The average molecular weight is 476 g/mol. The number of carbonyl (C=O) groups excluding carboxylic acids is 1. The van der Waals surface area contributed by atoms with E-state index in [1.165, 1.54) is 17.3 Å². The first-order valence-electron chi connectivity index (χ1n) is 10.7. The van der Waals surface area contributed by atoms with Crippen molar-refractivity contribution < 1.29 is 4.79 Å². The van der Waals surface area contributed by atoms with Crippen LogP contribution in [0.4, 0.5) is 5.69 Å². The Morgan fingerprint density at radius 2 is 1.79 bits per heavy atom. The lowest BCUT2D eigenvalue weighted by Crippen LogP contribution is -2.40. The molecule has 166 valence electrons. The van der Waals surface area contributed by atoms with Crippen molar-refractivity contribution in [2.45, 2.75) is 36.7 Å². The first-order valence-corrected chi connectivity index (χ1v) is 12.0. The van der Waals surface area contributed by atoms with Gasteiger partial charge in [0, 0.05) is 40.4 Å². The van der Waals surface area contributed by atoms with Crippen LogP contribution in [0.25, 0.3) is 17.1 Å². The van der Waals surface area contributed by atoms with E-state index in [0.717, 1.165) is 23.4 Å². The maximum atomic E-state index is 13.5. The summed E-state index contributed by atoms with van der Waals surface area (Å²) in [5.41, 5.74) is 3.97. The minimum atomic E-state index is -0.348. The van der Waals surface area contributed by atoms with Gasteiger partial charge in [-0.05, 0) is 68.3 Å². The second kappa shape index (κ2) is 9.00. The molecule has 4 aromatic rings. The summed E-state index contributed by atoms with van der Waals surface area (Å²) in [6, 6.07) is 19.5. The third kappa shape index (κ3) is 4.14. The largest absolute Gasteiger partial charge is 0.308 e. The molecule has 0 fully saturated rings. The molecule has 0 saturated heterocycles. The molecular formula is C25H22ClN5OS. The van der Waals surface area contributed by atoms with Gasteiger partial charge < -0.3 is 4.90 Å². The molecule has 2 aromatic carbocycles. The number of para-hydroxylation sites is 1. The van der Waals surface area contributed by atoms with Crippen molar-refractivity contribution >= 4 is 35.0 Å². The summed E-state index contributed by atoms with van der Waals surface area (Å²) in [5, 5.41) is 9.85. The van der Waals surface area contributed by atoms with Gasteiger partial charge in [-0.3, -0.25) is 14.3 Å².